The molecule has 33 heavy (non-hydrogen) atoms. The maximum absolute atomic E-state index is 11.4. The minimum absolute atomic E-state index is 0.177. The van der Waals surface area contributed by atoms with Crippen LogP contribution in [0.3, 0.4) is 0 Å². The number of nitrogens with one attached hydrogen (secondary N) is 2. The molecule has 4 aromatic rings. The quantitative estimate of drug-likeness (QED) is 0.306. The fraction of sp³-hybridized carbons (Fsp3) is 0.136. The van der Waals surface area contributed by atoms with Crippen LogP contribution in [0, 0.1) is 6.92 Å². The Morgan fingerprint density at radius 1 is 1.21 bits per heavy atom. The van der Waals surface area contributed by atoms with Gasteiger partial charge in [0.1, 0.15) is 11.4 Å². The molecule has 11 heteroatoms. The Hall–Kier alpha value is -4.02. The van der Waals surface area contributed by atoms with Gasteiger partial charge < -0.3 is 26.0 Å². The van der Waals surface area contributed by atoms with E-state index in [0.717, 1.165) is 5.56 Å². The van der Waals surface area contributed by atoms with Crippen LogP contribution in [0.25, 0.3) is 11.5 Å². The lowest BCUT2D eigenvalue weighted by molar-refractivity contribution is 0.100. The summed E-state index contributed by atoms with van der Waals surface area (Å²) in [6.45, 7) is 1.53. The second-order valence-corrected chi connectivity index (χ2v) is 7.48. The number of aliphatic hydroxyl groups is 1. The van der Waals surface area contributed by atoms with Crippen molar-refractivity contribution in [1.29, 1.82) is 0 Å². The van der Waals surface area contributed by atoms with Gasteiger partial charge in [-0.2, -0.15) is 9.97 Å². The van der Waals surface area contributed by atoms with Crippen LogP contribution in [0.15, 0.2) is 59.3 Å². The van der Waals surface area contributed by atoms with E-state index in [1.807, 2.05) is 30.3 Å². The van der Waals surface area contributed by atoms with E-state index in [0.29, 0.717) is 22.9 Å². The number of aryl methyl sites for hydroxylation is 1. The Labute approximate surface area is 193 Å². The number of aromatic nitrogens is 4. The van der Waals surface area contributed by atoms with Crippen LogP contribution in [0.5, 0.6) is 0 Å². The first kappa shape index (κ1) is 22.2. The predicted octanol–water partition coefficient (Wildman–Crippen LogP) is 3.48. The number of benzene rings is 2. The van der Waals surface area contributed by atoms with Crippen LogP contribution in [-0.2, 0) is 0 Å². The van der Waals surface area contributed by atoms with Gasteiger partial charge >= 0.3 is 0 Å². The van der Waals surface area contributed by atoms with Crippen LogP contribution in [-0.4, -0.2) is 37.7 Å². The Morgan fingerprint density at radius 3 is 2.64 bits per heavy atom. The fourth-order valence-electron chi connectivity index (χ4n) is 3.12. The normalized spacial score (nSPS) is 11.7. The van der Waals surface area contributed by atoms with Crippen molar-refractivity contribution in [2.24, 2.45) is 5.73 Å². The number of amides is 1. The summed E-state index contributed by atoms with van der Waals surface area (Å²) in [5.74, 6) is 0.692. The number of hydrogen-bond donors (Lipinski definition) is 4. The minimum atomic E-state index is -0.621. The van der Waals surface area contributed by atoms with Crippen LogP contribution in [0.4, 0.5) is 17.5 Å². The largest absolute Gasteiger partial charge is 0.394 e. The molecule has 1 atom stereocenters. The molecule has 0 spiro atoms. The van der Waals surface area contributed by atoms with Crippen molar-refractivity contribution in [2.45, 2.75) is 13.0 Å². The van der Waals surface area contributed by atoms with E-state index in [2.05, 4.69) is 30.7 Å². The first-order valence-electron chi connectivity index (χ1n) is 9.91. The standard InChI is InChI=1S/C22H20ClN7O3/c1-12-26-21(33-30-12)16-10-25-22(27-14-7-8-15(19(24)32)17(23)9-14)29-20(16)28-18(11-31)13-5-3-2-4-6-13/h2-10,18,31H,11H2,1H3,(H2,24,32)(H2,25,27,28,29)/t18-/m1/s1. The average molecular weight is 466 g/mol. The lowest BCUT2D eigenvalue weighted by Gasteiger charge is -2.19. The van der Waals surface area contributed by atoms with Gasteiger partial charge in [0, 0.05) is 11.9 Å². The Bertz CT molecular complexity index is 1280. The summed E-state index contributed by atoms with van der Waals surface area (Å²) in [7, 11) is 0. The highest BCUT2D eigenvalue weighted by molar-refractivity contribution is 6.34. The smallest absolute Gasteiger partial charge is 0.263 e. The second-order valence-electron chi connectivity index (χ2n) is 7.08. The molecule has 0 aliphatic rings. The summed E-state index contributed by atoms with van der Waals surface area (Å²) in [5.41, 5.74) is 7.41. The molecule has 0 saturated carbocycles. The van der Waals surface area contributed by atoms with E-state index in [1.165, 1.54) is 12.3 Å². The van der Waals surface area contributed by atoms with E-state index in [-0.39, 0.29) is 29.0 Å². The van der Waals surface area contributed by atoms with E-state index in [1.54, 1.807) is 19.1 Å². The molecule has 10 nitrogen and oxygen atoms in total. The first-order valence-corrected chi connectivity index (χ1v) is 10.3. The summed E-state index contributed by atoms with van der Waals surface area (Å²) < 4.78 is 5.30. The van der Waals surface area contributed by atoms with Gasteiger partial charge in [0.05, 0.1) is 23.2 Å². The number of nitrogens with two attached hydrogens (primary N) is 1. The van der Waals surface area contributed by atoms with Crippen molar-refractivity contribution in [3.05, 3.63) is 76.7 Å². The number of carbonyl (C=O) groups excluding carboxylic acids is 1. The van der Waals surface area contributed by atoms with Crippen LogP contribution in [0.2, 0.25) is 5.02 Å². The highest BCUT2D eigenvalue weighted by Crippen LogP contribution is 2.30. The molecule has 5 N–H and O–H groups in total. The van der Waals surface area contributed by atoms with Gasteiger partial charge in [0.2, 0.25) is 11.9 Å². The maximum atomic E-state index is 11.4. The SMILES string of the molecule is Cc1noc(-c2cnc(Nc3ccc(C(N)=O)c(Cl)c3)nc2N[C@H](CO)c2ccccc2)n1. The fourth-order valence-corrected chi connectivity index (χ4v) is 3.40. The van der Waals surface area contributed by atoms with E-state index in [9.17, 15) is 9.90 Å². The topological polar surface area (TPSA) is 152 Å². The van der Waals surface area contributed by atoms with Crippen molar-refractivity contribution in [2.75, 3.05) is 17.2 Å². The van der Waals surface area contributed by atoms with Crippen molar-refractivity contribution in [1.82, 2.24) is 20.1 Å². The zero-order chi connectivity index (χ0) is 23.4. The molecule has 4 rings (SSSR count). The molecule has 0 saturated heterocycles. The third-order valence-corrected chi connectivity index (χ3v) is 5.05. The summed E-state index contributed by atoms with van der Waals surface area (Å²) in [6, 6.07) is 13.7. The molecule has 2 aromatic heterocycles. The molecule has 2 heterocycles. The lowest BCUT2D eigenvalue weighted by atomic mass is 10.1. The molecule has 168 valence electrons. The molecule has 0 fully saturated rings. The van der Waals surface area contributed by atoms with Gasteiger partial charge in [-0.1, -0.05) is 47.1 Å². The van der Waals surface area contributed by atoms with Crippen molar-refractivity contribution in [3.63, 3.8) is 0 Å². The van der Waals surface area contributed by atoms with E-state index >= 15 is 0 Å². The molecular weight excluding hydrogens is 446 g/mol. The Kier molecular flexibility index (Phi) is 6.48. The molecule has 2 aromatic carbocycles. The number of halogens is 1. The summed E-state index contributed by atoms with van der Waals surface area (Å²) >= 11 is 6.14. The van der Waals surface area contributed by atoms with Crippen molar-refractivity contribution in [3.8, 4) is 11.5 Å². The zero-order valence-electron chi connectivity index (χ0n) is 17.5. The van der Waals surface area contributed by atoms with E-state index in [4.69, 9.17) is 21.9 Å². The lowest BCUT2D eigenvalue weighted by Crippen LogP contribution is -2.17. The van der Waals surface area contributed by atoms with Crippen LogP contribution >= 0.6 is 11.6 Å². The summed E-state index contributed by atoms with van der Waals surface area (Å²) in [4.78, 5) is 24.5. The van der Waals surface area contributed by atoms with Crippen LogP contribution < -0.4 is 16.4 Å². The number of hydrogen-bond acceptors (Lipinski definition) is 9. The number of anilines is 3. The maximum Gasteiger partial charge on any atom is 0.263 e. The second kappa shape index (κ2) is 9.63. The number of primary amides is 1. The number of aliphatic hydroxyl groups excluding tert-OH is 1. The molecule has 0 radical (unpaired) electrons. The third kappa shape index (κ3) is 5.08. The van der Waals surface area contributed by atoms with Crippen molar-refractivity contribution >= 4 is 35.0 Å². The number of rotatable bonds is 8. The molecule has 0 aliphatic carbocycles. The number of nitrogens with zero attached hydrogens (tertiary/aromatic N) is 4. The molecule has 0 bridgehead atoms. The van der Waals surface area contributed by atoms with Gasteiger partial charge in [0.15, 0.2) is 5.82 Å². The van der Waals surface area contributed by atoms with Gasteiger partial charge in [-0.05, 0) is 30.7 Å². The summed E-state index contributed by atoms with van der Waals surface area (Å²) in [6.07, 6.45) is 1.53. The Balaban J connectivity index is 1.69. The highest BCUT2D eigenvalue weighted by Gasteiger charge is 2.19. The van der Waals surface area contributed by atoms with Crippen LogP contribution in [0.1, 0.15) is 27.8 Å². The van der Waals surface area contributed by atoms with Crippen molar-refractivity contribution < 1.29 is 14.4 Å². The van der Waals surface area contributed by atoms with E-state index < -0.39 is 11.9 Å². The van der Waals surface area contributed by atoms with Gasteiger partial charge in [0.25, 0.3) is 5.89 Å². The monoisotopic (exact) mass is 465 g/mol. The minimum Gasteiger partial charge on any atom is -0.394 e. The molecule has 1 amide bonds. The first-order chi connectivity index (χ1) is 15.9. The molecular formula is C22H20ClN7O3. The number of carbonyl (C=O) groups is 1. The third-order valence-electron chi connectivity index (χ3n) is 4.73. The van der Waals surface area contributed by atoms with Gasteiger partial charge in [-0.3, -0.25) is 4.79 Å². The van der Waals surface area contributed by atoms with Gasteiger partial charge in [-0.25, -0.2) is 4.98 Å². The molecule has 0 aliphatic heterocycles. The Morgan fingerprint density at radius 2 is 2.00 bits per heavy atom. The zero-order valence-corrected chi connectivity index (χ0v) is 18.2. The highest BCUT2D eigenvalue weighted by atomic mass is 35.5. The predicted molar refractivity (Wildman–Crippen MR) is 123 cm³/mol. The summed E-state index contributed by atoms with van der Waals surface area (Å²) in [5, 5.41) is 20.3. The average Bonchev–Trinajstić information content (AvgIpc) is 3.24. The molecule has 0 unspecified atom stereocenters. The van der Waals surface area contributed by atoms with Gasteiger partial charge in [-0.15, -0.1) is 0 Å².